The van der Waals surface area contributed by atoms with Gasteiger partial charge in [0, 0.05) is 29.1 Å². The number of methoxy groups -OCH3 is 1. The van der Waals surface area contributed by atoms with E-state index in [0.717, 1.165) is 11.1 Å². The van der Waals surface area contributed by atoms with Gasteiger partial charge in [-0.3, -0.25) is 4.79 Å². The number of carbonyl (C=O) groups excluding carboxylic acids is 2. The Morgan fingerprint density at radius 2 is 1.75 bits per heavy atom. The van der Waals surface area contributed by atoms with Gasteiger partial charge in [0.05, 0.1) is 7.11 Å². The van der Waals surface area contributed by atoms with Gasteiger partial charge in [-0.25, -0.2) is 4.79 Å². The van der Waals surface area contributed by atoms with E-state index in [2.05, 4.69) is 5.32 Å². The molecule has 32 heavy (non-hydrogen) atoms. The molecule has 0 radical (unpaired) electrons. The highest BCUT2D eigenvalue weighted by molar-refractivity contribution is 6.30. The highest BCUT2D eigenvalue weighted by atomic mass is 35.5. The van der Waals surface area contributed by atoms with E-state index in [-0.39, 0.29) is 30.4 Å². The molecule has 3 N–H and O–H groups in total. The molecule has 166 valence electrons. The number of hydrogen-bond donors (Lipinski definition) is 2. The molecular formula is C25H25ClN2O4. The first-order chi connectivity index (χ1) is 15.5. The zero-order valence-corrected chi connectivity index (χ0v) is 18.5. The molecule has 1 amide bonds. The fourth-order valence-corrected chi connectivity index (χ4v) is 3.37. The first-order valence-electron chi connectivity index (χ1n) is 10.1. The molecule has 0 aliphatic heterocycles. The number of anilines is 1. The van der Waals surface area contributed by atoms with Crippen molar-refractivity contribution in [3.63, 3.8) is 0 Å². The van der Waals surface area contributed by atoms with Crippen molar-refractivity contribution >= 4 is 29.2 Å². The second-order valence-electron chi connectivity index (χ2n) is 7.21. The third-order valence-corrected chi connectivity index (χ3v) is 5.22. The lowest BCUT2D eigenvalue weighted by atomic mass is 9.95. The van der Waals surface area contributed by atoms with Crippen LogP contribution in [-0.4, -0.2) is 25.5 Å². The van der Waals surface area contributed by atoms with E-state index in [9.17, 15) is 9.59 Å². The van der Waals surface area contributed by atoms with Crippen LogP contribution in [0.2, 0.25) is 5.02 Å². The van der Waals surface area contributed by atoms with Gasteiger partial charge in [0.25, 0.3) is 0 Å². The van der Waals surface area contributed by atoms with Crippen molar-refractivity contribution < 1.29 is 19.1 Å². The summed E-state index contributed by atoms with van der Waals surface area (Å²) in [4.78, 5) is 24.8. The quantitative estimate of drug-likeness (QED) is 0.456. The minimum atomic E-state index is -0.517. The highest BCUT2D eigenvalue weighted by Crippen LogP contribution is 2.27. The predicted octanol–water partition coefficient (Wildman–Crippen LogP) is 4.78. The van der Waals surface area contributed by atoms with Crippen LogP contribution in [0.4, 0.5) is 5.69 Å². The molecule has 3 aromatic rings. The molecule has 1 unspecified atom stereocenters. The van der Waals surface area contributed by atoms with Gasteiger partial charge < -0.3 is 20.5 Å². The summed E-state index contributed by atoms with van der Waals surface area (Å²) in [5.74, 6) is -0.533. The Bertz CT molecular complexity index is 1060. The fourth-order valence-electron chi connectivity index (χ4n) is 3.24. The van der Waals surface area contributed by atoms with Gasteiger partial charge in [-0.15, -0.1) is 0 Å². The van der Waals surface area contributed by atoms with Gasteiger partial charge in [-0.1, -0.05) is 54.1 Å². The topological polar surface area (TPSA) is 90.7 Å². The number of rotatable bonds is 9. The minimum absolute atomic E-state index is 0.143. The summed E-state index contributed by atoms with van der Waals surface area (Å²) >= 11 is 5.94. The number of halogens is 1. The third-order valence-electron chi connectivity index (χ3n) is 4.97. The number of carbonyl (C=O) groups is 2. The number of nitrogens with one attached hydrogen (secondary N) is 1. The first-order valence-corrected chi connectivity index (χ1v) is 10.5. The summed E-state index contributed by atoms with van der Waals surface area (Å²) in [6.45, 7) is 0.593. The Labute approximate surface area is 192 Å². The van der Waals surface area contributed by atoms with Crippen LogP contribution in [0, 0.1) is 0 Å². The Morgan fingerprint density at radius 3 is 2.41 bits per heavy atom. The Hall–Kier alpha value is -3.35. The van der Waals surface area contributed by atoms with E-state index in [1.807, 2.05) is 42.5 Å². The minimum Gasteiger partial charge on any atom is -0.488 e. The van der Waals surface area contributed by atoms with Gasteiger partial charge in [-0.2, -0.15) is 0 Å². The van der Waals surface area contributed by atoms with Crippen LogP contribution < -0.4 is 15.8 Å². The van der Waals surface area contributed by atoms with Crippen molar-refractivity contribution in [1.29, 1.82) is 0 Å². The van der Waals surface area contributed by atoms with Gasteiger partial charge in [-0.05, 0) is 41.9 Å². The summed E-state index contributed by atoms with van der Waals surface area (Å²) < 4.78 is 10.7. The molecule has 3 aromatic carbocycles. The SMILES string of the molecule is COC(=O)c1ccc(NC(=O)CC(CN)c2ccc(Cl)cc2)cc1OCc1ccccc1. The number of esters is 1. The van der Waals surface area contributed by atoms with Crippen molar-refractivity contribution in [1.82, 2.24) is 0 Å². The molecule has 7 heteroatoms. The largest absolute Gasteiger partial charge is 0.488 e. The lowest BCUT2D eigenvalue weighted by Crippen LogP contribution is -2.21. The molecule has 0 spiro atoms. The maximum atomic E-state index is 12.7. The summed E-state index contributed by atoms with van der Waals surface area (Å²) in [6.07, 6.45) is 0.205. The molecule has 0 saturated carbocycles. The van der Waals surface area contributed by atoms with E-state index >= 15 is 0 Å². The Kier molecular flexibility index (Phi) is 8.25. The molecule has 1 atom stereocenters. The van der Waals surface area contributed by atoms with Crippen LogP contribution in [0.3, 0.4) is 0 Å². The fraction of sp³-hybridized carbons (Fsp3) is 0.200. The molecule has 0 aliphatic carbocycles. The molecule has 0 heterocycles. The molecule has 0 bridgehead atoms. The first kappa shape index (κ1) is 23.3. The average Bonchev–Trinajstić information content (AvgIpc) is 2.82. The van der Waals surface area contributed by atoms with Crippen LogP contribution in [0.1, 0.15) is 33.8 Å². The molecule has 0 aromatic heterocycles. The maximum absolute atomic E-state index is 12.7. The van der Waals surface area contributed by atoms with Crippen LogP contribution in [0.25, 0.3) is 0 Å². The zero-order valence-electron chi connectivity index (χ0n) is 17.7. The number of benzene rings is 3. The lowest BCUT2D eigenvalue weighted by Gasteiger charge is -2.16. The summed E-state index contributed by atoms with van der Waals surface area (Å²) in [7, 11) is 1.31. The van der Waals surface area contributed by atoms with Gasteiger partial charge in [0.1, 0.15) is 17.9 Å². The van der Waals surface area contributed by atoms with E-state index in [1.54, 1.807) is 30.3 Å². The Morgan fingerprint density at radius 1 is 1.03 bits per heavy atom. The summed E-state index contributed by atoms with van der Waals surface area (Å²) in [6, 6.07) is 21.7. The van der Waals surface area contributed by atoms with Crippen LogP contribution >= 0.6 is 11.6 Å². The van der Waals surface area contributed by atoms with E-state index in [4.69, 9.17) is 26.8 Å². The average molecular weight is 453 g/mol. The standard InChI is InChI=1S/C25H25ClN2O4/c1-31-25(30)22-12-11-21(14-23(22)32-16-17-5-3-2-4-6-17)28-24(29)13-19(15-27)18-7-9-20(26)10-8-18/h2-12,14,19H,13,15-16,27H2,1H3,(H,28,29). The lowest BCUT2D eigenvalue weighted by molar-refractivity contribution is -0.116. The molecule has 6 nitrogen and oxygen atoms in total. The Balaban J connectivity index is 1.72. The molecule has 0 fully saturated rings. The molecule has 0 saturated heterocycles. The number of nitrogens with two attached hydrogens (primary N) is 1. The van der Waals surface area contributed by atoms with Crippen LogP contribution in [0.15, 0.2) is 72.8 Å². The van der Waals surface area contributed by atoms with Crippen molar-refractivity contribution in [3.8, 4) is 5.75 Å². The predicted molar refractivity (Wildman–Crippen MR) is 125 cm³/mol. The third kappa shape index (κ3) is 6.33. The van der Waals surface area contributed by atoms with Crippen LogP contribution in [-0.2, 0) is 16.1 Å². The molecule has 3 rings (SSSR count). The molecular weight excluding hydrogens is 428 g/mol. The highest BCUT2D eigenvalue weighted by Gasteiger charge is 2.18. The van der Waals surface area contributed by atoms with Gasteiger partial charge in [0.15, 0.2) is 0 Å². The number of hydrogen-bond acceptors (Lipinski definition) is 5. The van der Waals surface area contributed by atoms with Crippen molar-refractivity contribution in [2.75, 3.05) is 19.0 Å². The van der Waals surface area contributed by atoms with Gasteiger partial charge in [0.2, 0.25) is 5.91 Å². The van der Waals surface area contributed by atoms with Crippen LogP contribution in [0.5, 0.6) is 5.75 Å². The number of amides is 1. The van der Waals surface area contributed by atoms with Crippen molar-refractivity contribution in [2.45, 2.75) is 18.9 Å². The monoisotopic (exact) mass is 452 g/mol. The summed E-state index contributed by atoms with van der Waals surface area (Å²) in [5.41, 5.74) is 8.57. The van der Waals surface area contributed by atoms with E-state index < -0.39 is 5.97 Å². The number of ether oxygens (including phenoxy) is 2. The smallest absolute Gasteiger partial charge is 0.341 e. The second-order valence-corrected chi connectivity index (χ2v) is 7.65. The molecule has 0 aliphatic rings. The summed E-state index contributed by atoms with van der Waals surface area (Å²) in [5, 5.41) is 3.49. The van der Waals surface area contributed by atoms with E-state index in [1.165, 1.54) is 7.11 Å². The maximum Gasteiger partial charge on any atom is 0.341 e. The van der Waals surface area contributed by atoms with E-state index in [0.29, 0.717) is 23.0 Å². The van der Waals surface area contributed by atoms with Crippen molar-refractivity contribution in [2.24, 2.45) is 5.73 Å². The normalized spacial score (nSPS) is 11.5. The second kappa shape index (κ2) is 11.3. The zero-order chi connectivity index (χ0) is 22.9. The van der Waals surface area contributed by atoms with Gasteiger partial charge >= 0.3 is 5.97 Å². The van der Waals surface area contributed by atoms with Crippen molar-refractivity contribution in [3.05, 3.63) is 94.5 Å².